The summed E-state index contributed by atoms with van der Waals surface area (Å²) in [5.74, 6) is -0.586. The predicted molar refractivity (Wildman–Crippen MR) is 114 cm³/mol. The van der Waals surface area contributed by atoms with Gasteiger partial charge in [-0.3, -0.25) is 9.59 Å². The predicted octanol–water partition coefficient (Wildman–Crippen LogP) is 4.48. The molecule has 0 saturated carbocycles. The van der Waals surface area contributed by atoms with Crippen molar-refractivity contribution in [1.82, 2.24) is 10.2 Å². The summed E-state index contributed by atoms with van der Waals surface area (Å²) >= 11 is 0. The van der Waals surface area contributed by atoms with Crippen LogP contribution in [0.15, 0.2) is 54.6 Å². The van der Waals surface area contributed by atoms with Crippen molar-refractivity contribution in [1.29, 1.82) is 0 Å². The Labute approximate surface area is 173 Å². The Kier molecular flexibility index (Phi) is 7.94. The Hall–Kier alpha value is -2.69. The average Bonchev–Trinajstić information content (AvgIpc) is 2.67. The molecule has 0 saturated heterocycles. The van der Waals surface area contributed by atoms with Gasteiger partial charge in [0, 0.05) is 18.5 Å². The van der Waals surface area contributed by atoms with Crippen LogP contribution >= 0.6 is 0 Å². The van der Waals surface area contributed by atoms with E-state index < -0.39 is 6.04 Å². The van der Waals surface area contributed by atoms with E-state index in [2.05, 4.69) is 5.32 Å². The highest BCUT2D eigenvalue weighted by molar-refractivity contribution is 5.88. The Bertz CT molecular complexity index is 798. The topological polar surface area (TPSA) is 49.4 Å². The molecular formula is C24H31FN2O2. The highest BCUT2D eigenvalue weighted by atomic mass is 19.1. The molecule has 29 heavy (non-hydrogen) atoms. The SMILES string of the molecule is CC[C@H](C(=O)NC(C)(C)C)N(Cc1ccc(F)cc1)C(=O)CCc1ccccc1. The molecule has 0 radical (unpaired) electrons. The molecule has 0 aromatic heterocycles. The number of aryl methyl sites for hydroxylation is 1. The number of benzene rings is 2. The van der Waals surface area contributed by atoms with Crippen LogP contribution < -0.4 is 5.32 Å². The Morgan fingerprint density at radius 1 is 1.00 bits per heavy atom. The van der Waals surface area contributed by atoms with Gasteiger partial charge in [0.15, 0.2) is 0 Å². The van der Waals surface area contributed by atoms with E-state index in [4.69, 9.17) is 0 Å². The molecule has 0 aliphatic carbocycles. The van der Waals surface area contributed by atoms with Gasteiger partial charge in [-0.05, 0) is 56.9 Å². The van der Waals surface area contributed by atoms with Crippen LogP contribution in [0.1, 0.15) is 51.7 Å². The maximum absolute atomic E-state index is 13.3. The lowest BCUT2D eigenvalue weighted by Crippen LogP contribution is -2.53. The quantitative estimate of drug-likeness (QED) is 0.713. The number of carbonyl (C=O) groups excluding carboxylic acids is 2. The number of rotatable bonds is 8. The summed E-state index contributed by atoms with van der Waals surface area (Å²) < 4.78 is 13.3. The number of amides is 2. The Morgan fingerprint density at radius 2 is 1.62 bits per heavy atom. The molecule has 0 aliphatic heterocycles. The molecule has 2 rings (SSSR count). The van der Waals surface area contributed by atoms with Gasteiger partial charge in [-0.15, -0.1) is 0 Å². The molecule has 0 fully saturated rings. The highest BCUT2D eigenvalue weighted by Gasteiger charge is 2.30. The minimum atomic E-state index is -0.581. The van der Waals surface area contributed by atoms with E-state index in [0.29, 0.717) is 19.3 Å². The number of nitrogens with zero attached hydrogens (tertiary/aromatic N) is 1. The third-order valence-corrected chi connectivity index (χ3v) is 4.62. The summed E-state index contributed by atoms with van der Waals surface area (Å²) in [6.45, 7) is 7.91. The van der Waals surface area contributed by atoms with Crippen molar-refractivity contribution < 1.29 is 14.0 Å². The molecule has 5 heteroatoms. The van der Waals surface area contributed by atoms with Crippen molar-refractivity contribution in [2.24, 2.45) is 0 Å². The van der Waals surface area contributed by atoms with Gasteiger partial charge in [0.05, 0.1) is 0 Å². The first-order valence-electron chi connectivity index (χ1n) is 10.1. The van der Waals surface area contributed by atoms with Crippen LogP contribution in [0.4, 0.5) is 4.39 Å². The first-order valence-corrected chi connectivity index (χ1v) is 10.1. The summed E-state index contributed by atoms with van der Waals surface area (Å²) in [6, 6.07) is 15.3. The molecule has 0 heterocycles. The minimum absolute atomic E-state index is 0.0888. The minimum Gasteiger partial charge on any atom is -0.350 e. The maximum atomic E-state index is 13.3. The van der Waals surface area contributed by atoms with Crippen LogP contribution in [0.25, 0.3) is 0 Å². The molecule has 0 unspecified atom stereocenters. The first-order chi connectivity index (χ1) is 13.7. The van der Waals surface area contributed by atoms with Crippen molar-refractivity contribution in [3.63, 3.8) is 0 Å². The van der Waals surface area contributed by atoms with Crippen LogP contribution in [0.5, 0.6) is 0 Å². The van der Waals surface area contributed by atoms with Gasteiger partial charge in [-0.2, -0.15) is 0 Å². The zero-order chi connectivity index (χ0) is 21.4. The van der Waals surface area contributed by atoms with Gasteiger partial charge in [0.1, 0.15) is 11.9 Å². The third-order valence-electron chi connectivity index (χ3n) is 4.62. The number of hydrogen-bond acceptors (Lipinski definition) is 2. The van der Waals surface area contributed by atoms with E-state index in [0.717, 1.165) is 11.1 Å². The third kappa shape index (κ3) is 7.33. The van der Waals surface area contributed by atoms with Crippen molar-refractivity contribution in [2.45, 2.75) is 65.1 Å². The summed E-state index contributed by atoms with van der Waals surface area (Å²) in [5.41, 5.74) is 1.48. The Morgan fingerprint density at radius 3 is 2.17 bits per heavy atom. The van der Waals surface area contributed by atoms with E-state index in [1.54, 1.807) is 17.0 Å². The molecule has 0 spiro atoms. The lowest BCUT2D eigenvalue weighted by molar-refractivity contribution is -0.142. The second-order valence-electron chi connectivity index (χ2n) is 8.30. The zero-order valence-electron chi connectivity index (χ0n) is 17.7. The summed E-state index contributed by atoms with van der Waals surface area (Å²) in [5, 5.41) is 2.98. The number of carbonyl (C=O) groups is 2. The molecule has 156 valence electrons. The lowest BCUT2D eigenvalue weighted by Gasteiger charge is -2.33. The number of nitrogens with one attached hydrogen (secondary N) is 1. The second kappa shape index (κ2) is 10.2. The molecule has 1 N–H and O–H groups in total. The van der Waals surface area contributed by atoms with Crippen molar-refractivity contribution in [3.8, 4) is 0 Å². The summed E-state index contributed by atoms with van der Waals surface area (Å²) in [7, 11) is 0. The van der Waals surface area contributed by atoms with E-state index in [1.807, 2.05) is 58.0 Å². The largest absolute Gasteiger partial charge is 0.350 e. The van der Waals surface area contributed by atoms with Crippen LogP contribution in [-0.4, -0.2) is 28.3 Å². The molecule has 2 amide bonds. The fraction of sp³-hybridized carbons (Fsp3) is 0.417. The molecule has 2 aromatic carbocycles. The molecule has 4 nitrogen and oxygen atoms in total. The zero-order valence-corrected chi connectivity index (χ0v) is 17.7. The van der Waals surface area contributed by atoms with E-state index in [-0.39, 0.29) is 29.7 Å². The summed E-state index contributed by atoms with van der Waals surface area (Å²) in [4.78, 5) is 27.6. The van der Waals surface area contributed by atoms with Gasteiger partial charge in [-0.1, -0.05) is 49.4 Å². The van der Waals surface area contributed by atoms with Crippen LogP contribution in [0.3, 0.4) is 0 Å². The maximum Gasteiger partial charge on any atom is 0.243 e. The van der Waals surface area contributed by atoms with E-state index >= 15 is 0 Å². The fourth-order valence-electron chi connectivity index (χ4n) is 3.20. The first kappa shape index (κ1) is 22.6. The fourth-order valence-corrected chi connectivity index (χ4v) is 3.20. The highest BCUT2D eigenvalue weighted by Crippen LogP contribution is 2.16. The standard InChI is InChI=1S/C24H31FN2O2/c1-5-21(23(29)26-24(2,3)4)27(17-19-11-14-20(25)15-12-19)22(28)16-13-18-9-7-6-8-10-18/h6-12,14-15,21H,5,13,16-17H2,1-4H3,(H,26,29)/t21-/m1/s1. The van der Waals surface area contributed by atoms with Gasteiger partial charge in [0.25, 0.3) is 0 Å². The summed E-state index contributed by atoms with van der Waals surface area (Å²) in [6.07, 6.45) is 1.42. The number of hydrogen-bond donors (Lipinski definition) is 1. The Balaban J connectivity index is 2.21. The van der Waals surface area contributed by atoms with Gasteiger partial charge < -0.3 is 10.2 Å². The average molecular weight is 399 g/mol. The molecule has 1 atom stereocenters. The van der Waals surface area contributed by atoms with E-state index in [1.165, 1.54) is 12.1 Å². The second-order valence-corrected chi connectivity index (χ2v) is 8.30. The van der Waals surface area contributed by atoms with Crippen LogP contribution in [0, 0.1) is 5.82 Å². The molecule has 0 bridgehead atoms. The van der Waals surface area contributed by atoms with Gasteiger partial charge >= 0.3 is 0 Å². The van der Waals surface area contributed by atoms with Crippen molar-refractivity contribution >= 4 is 11.8 Å². The van der Waals surface area contributed by atoms with Crippen LogP contribution in [-0.2, 0) is 22.6 Å². The van der Waals surface area contributed by atoms with E-state index in [9.17, 15) is 14.0 Å². The smallest absolute Gasteiger partial charge is 0.243 e. The van der Waals surface area contributed by atoms with Crippen molar-refractivity contribution in [3.05, 3.63) is 71.5 Å². The monoisotopic (exact) mass is 398 g/mol. The number of halogens is 1. The molecule has 0 aliphatic rings. The molecule has 2 aromatic rings. The molecular weight excluding hydrogens is 367 g/mol. The lowest BCUT2D eigenvalue weighted by atomic mass is 10.0. The van der Waals surface area contributed by atoms with Crippen molar-refractivity contribution in [2.75, 3.05) is 0 Å². The van der Waals surface area contributed by atoms with Crippen LogP contribution in [0.2, 0.25) is 0 Å². The van der Waals surface area contributed by atoms with Gasteiger partial charge in [-0.25, -0.2) is 4.39 Å². The normalized spacial score (nSPS) is 12.3. The van der Waals surface area contributed by atoms with Gasteiger partial charge in [0.2, 0.25) is 11.8 Å².